The molecule has 18 heavy (non-hydrogen) atoms. The van der Waals surface area contributed by atoms with Crippen LogP contribution in [0, 0.1) is 0 Å². The molecular weight excluding hydrogens is 271 g/mol. The third kappa shape index (κ3) is 2.66. The molecule has 2 rings (SSSR count). The van der Waals surface area contributed by atoms with Gasteiger partial charge >= 0.3 is 0 Å². The highest BCUT2D eigenvalue weighted by Crippen LogP contribution is 2.34. The van der Waals surface area contributed by atoms with Crippen LogP contribution in [0.2, 0.25) is 10.0 Å². The molecule has 6 heteroatoms. The summed E-state index contributed by atoms with van der Waals surface area (Å²) in [6.45, 7) is 3.17. The molecule has 3 N–H and O–H groups in total. The van der Waals surface area contributed by atoms with Crippen molar-refractivity contribution in [2.45, 2.75) is 38.6 Å². The van der Waals surface area contributed by atoms with Crippen molar-refractivity contribution in [1.29, 1.82) is 0 Å². The quantitative estimate of drug-likeness (QED) is 0.661. The zero-order valence-corrected chi connectivity index (χ0v) is 11.9. The van der Waals surface area contributed by atoms with Gasteiger partial charge in [-0.25, -0.2) is 10.8 Å². The molecule has 0 aliphatic carbocycles. The highest BCUT2D eigenvalue weighted by Gasteiger charge is 2.24. The lowest BCUT2D eigenvalue weighted by Crippen LogP contribution is -2.40. The number of aromatic nitrogens is 1. The van der Waals surface area contributed by atoms with Crippen molar-refractivity contribution in [3.63, 3.8) is 0 Å². The molecule has 0 spiro atoms. The fourth-order valence-electron chi connectivity index (χ4n) is 2.46. The number of pyridine rings is 1. The molecule has 1 aliphatic rings. The van der Waals surface area contributed by atoms with E-state index in [1.165, 1.54) is 19.3 Å². The summed E-state index contributed by atoms with van der Waals surface area (Å²) < 4.78 is 0. The Kier molecular flexibility index (Phi) is 4.54. The van der Waals surface area contributed by atoms with Gasteiger partial charge in [0.1, 0.15) is 5.82 Å². The molecule has 0 aromatic carbocycles. The molecule has 2 heterocycles. The maximum atomic E-state index is 6.26. The van der Waals surface area contributed by atoms with Crippen molar-refractivity contribution in [2.75, 3.05) is 16.9 Å². The fourth-order valence-corrected chi connectivity index (χ4v) is 2.99. The number of halogens is 2. The Bertz CT molecular complexity index is 425. The maximum Gasteiger partial charge on any atom is 0.161 e. The van der Waals surface area contributed by atoms with E-state index in [4.69, 9.17) is 29.0 Å². The number of nitrogens with two attached hydrogens (primary N) is 1. The molecule has 1 aliphatic heterocycles. The Balaban J connectivity index is 2.36. The predicted octanol–water partition coefficient (Wildman–Crippen LogP) is 3.44. The highest BCUT2D eigenvalue weighted by molar-refractivity contribution is 6.37. The zero-order chi connectivity index (χ0) is 13.1. The molecular formula is C12H18Cl2N4. The fraction of sp³-hybridized carbons (Fsp3) is 0.583. The first kappa shape index (κ1) is 13.7. The Labute approximate surface area is 117 Å². The SMILES string of the molecule is CCC1CCCCN1c1nc(NN)c(Cl)cc1Cl. The number of hydrogen-bond donors (Lipinski definition) is 2. The first-order valence-electron chi connectivity index (χ1n) is 6.26. The van der Waals surface area contributed by atoms with Crippen molar-refractivity contribution < 1.29 is 0 Å². The van der Waals surface area contributed by atoms with Gasteiger partial charge in [0.25, 0.3) is 0 Å². The molecule has 1 atom stereocenters. The first-order valence-corrected chi connectivity index (χ1v) is 7.02. The van der Waals surface area contributed by atoms with Gasteiger partial charge in [-0.1, -0.05) is 30.1 Å². The summed E-state index contributed by atoms with van der Waals surface area (Å²) in [5, 5.41) is 1.02. The lowest BCUT2D eigenvalue weighted by atomic mass is 10.00. The van der Waals surface area contributed by atoms with Gasteiger partial charge in [-0.15, -0.1) is 0 Å². The van der Waals surface area contributed by atoms with Gasteiger partial charge in [-0.3, -0.25) is 0 Å². The third-order valence-corrected chi connectivity index (χ3v) is 3.98. The van der Waals surface area contributed by atoms with Crippen molar-refractivity contribution >= 4 is 34.8 Å². The molecule has 0 bridgehead atoms. The van der Waals surface area contributed by atoms with Crippen LogP contribution in [0.25, 0.3) is 0 Å². The second-order valence-electron chi connectivity index (χ2n) is 4.52. The van der Waals surface area contributed by atoms with Gasteiger partial charge in [0, 0.05) is 12.6 Å². The molecule has 1 aromatic rings. The summed E-state index contributed by atoms with van der Waals surface area (Å²) in [7, 11) is 0. The van der Waals surface area contributed by atoms with Crippen molar-refractivity contribution in [1.82, 2.24) is 4.98 Å². The standard InChI is InChI=1S/C12H18Cl2N4/c1-2-8-5-3-4-6-18(8)12-10(14)7-9(13)11(16-12)17-15/h7-8H,2-6,15H2,1H3,(H,16,17). The molecule has 1 saturated heterocycles. The van der Waals surface area contributed by atoms with E-state index in [1.54, 1.807) is 6.07 Å². The van der Waals surface area contributed by atoms with Crippen LogP contribution < -0.4 is 16.2 Å². The van der Waals surface area contributed by atoms with E-state index in [-0.39, 0.29) is 0 Å². The number of anilines is 2. The second-order valence-corrected chi connectivity index (χ2v) is 5.33. The van der Waals surface area contributed by atoms with Gasteiger partial charge in [-0.2, -0.15) is 0 Å². The van der Waals surface area contributed by atoms with Crippen LogP contribution in [-0.4, -0.2) is 17.6 Å². The maximum absolute atomic E-state index is 6.26. The smallest absolute Gasteiger partial charge is 0.161 e. The number of hydrazine groups is 1. The van der Waals surface area contributed by atoms with Gasteiger partial charge in [0.15, 0.2) is 5.82 Å². The van der Waals surface area contributed by atoms with Crippen molar-refractivity contribution in [3.8, 4) is 0 Å². The molecule has 1 unspecified atom stereocenters. The molecule has 100 valence electrons. The van der Waals surface area contributed by atoms with E-state index in [9.17, 15) is 0 Å². The van der Waals surface area contributed by atoms with E-state index >= 15 is 0 Å². The van der Waals surface area contributed by atoms with Crippen LogP contribution in [0.5, 0.6) is 0 Å². The van der Waals surface area contributed by atoms with Gasteiger partial charge < -0.3 is 10.3 Å². The molecule has 0 amide bonds. The number of piperidine rings is 1. The average molecular weight is 289 g/mol. The third-order valence-electron chi connectivity index (χ3n) is 3.42. The van der Waals surface area contributed by atoms with E-state index < -0.39 is 0 Å². The lowest BCUT2D eigenvalue weighted by molar-refractivity contribution is 0.447. The van der Waals surface area contributed by atoms with Gasteiger partial charge in [0.05, 0.1) is 10.0 Å². The van der Waals surface area contributed by atoms with Crippen LogP contribution in [0.1, 0.15) is 32.6 Å². The Morgan fingerprint density at radius 3 is 2.89 bits per heavy atom. The minimum Gasteiger partial charge on any atom is -0.352 e. The molecule has 0 saturated carbocycles. The van der Waals surface area contributed by atoms with E-state index in [0.717, 1.165) is 18.8 Å². The minimum atomic E-state index is 0.441. The lowest BCUT2D eigenvalue weighted by Gasteiger charge is -2.36. The molecule has 1 aromatic heterocycles. The van der Waals surface area contributed by atoms with Crippen LogP contribution in [0.3, 0.4) is 0 Å². The van der Waals surface area contributed by atoms with E-state index in [1.807, 2.05) is 0 Å². The number of nitrogens with zero attached hydrogens (tertiary/aromatic N) is 2. The Hall–Kier alpha value is -0.710. The average Bonchev–Trinajstić information content (AvgIpc) is 2.39. The summed E-state index contributed by atoms with van der Waals surface area (Å²) in [4.78, 5) is 6.70. The van der Waals surface area contributed by atoms with Crippen molar-refractivity contribution in [2.24, 2.45) is 5.84 Å². The monoisotopic (exact) mass is 288 g/mol. The van der Waals surface area contributed by atoms with Crippen LogP contribution >= 0.6 is 23.2 Å². The van der Waals surface area contributed by atoms with Crippen LogP contribution in [-0.2, 0) is 0 Å². The predicted molar refractivity (Wildman–Crippen MR) is 77.3 cm³/mol. The number of nitrogen functional groups attached to an aromatic ring is 1. The summed E-state index contributed by atoms with van der Waals surface area (Å²) >= 11 is 12.3. The second kappa shape index (κ2) is 5.95. The molecule has 0 radical (unpaired) electrons. The highest BCUT2D eigenvalue weighted by atomic mass is 35.5. The van der Waals surface area contributed by atoms with E-state index in [2.05, 4.69) is 22.2 Å². The number of nitrogens with one attached hydrogen (secondary N) is 1. The Morgan fingerprint density at radius 1 is 1.44 bits per heavy atom. The molecule has 1 fully saturated rings. The zero-order valence-electron chi connectivity index (χ0n) is 10.4. The number of hydrogen-bond acceptors (Lipinski definition) is 4. The molecule has 4 nitrogen and oxygen atoms in total. The van der Waals surface area contributed by atoms with Gasteiger partial charge in [-0.05, 0) is 31.7 Å². The van der Waals surface area contributed by atoms with Crippen molar-refractivity contribution in [3.05, 3.63) is 16.1 Å². The summed E-state index contributed by atoms with van der Waals surface area (Å²) in [6, 6.07) is 2.19. The van der Waals surface area contributed by atoms with Gasteiger partial charge in [0.2, 0.25) is 0 Å². The summed E-state index contributed by atoms with van der Waals surface area (Å²) in [6.07, 6.45) is 4.71. The number of rotatable bonds is 3. The topological polar surface area (TPSA) is 54.2 Å². The van der Waals surface area contributed by atoms with Crippen LogP contribution in [0.15, 0.2) is 6.07 Å². The minimum absolute atomic E-state index is 0.441. The van der Waals surface area contributed by atoms with Crippen LogP contribution in [0.4, 0.5) is 11.6 Å². The largest absolute Gasteiger partial charge is 0.352 e. The van der Waals surface area contributed by atoms with E-state index in [0.29, 0.717) is 21.9 Å². The Morgan fingerprint density at radius 2 is 2.22 bits per heavy atom. The summed E-state index contributed by atoms with van der Waals surface area (Å²) in [5.74, 6) is 6.66. The summed E-state index contributed by atoms with van der Waals surface area (Å²) in [5.41, 5.74) is 2.51. The first-order chi connectivity index (χ1) is 8.67. The normalized spacial score (nSPS) is 20.0.